The summed E-state index contributed by atoms with van der Waals surface area (Å²) in [5.41, 5.74) is 8.36. The molecule has 0 aliphatic heterocycles. The Morgan fingerprint density at radius 3 is 2.61 bits per heavy atom. The summed E-state index contributed by atoms with van der Waals surface area (Å²) in [6.45, 7) is 9.87. The predicted octanol–water partition coefficient (Wildman–Crippen LogP) is 3.66. The number of azide groups is 1. The van der Waals surface area contributed by atoms with Gasteiger partial charge in [-0.15, -0.1) is 0 Å². The van der Waals surface area contributed by atoms with Crippen molar-refractivity contribution in [1.82, 2.24) is 5.32 Å². The van der Waals surface area contributed by atoms with Crippen LogP contribution in [0.4, 0.5) is 0 Å². The third-order valence-electron chi connectivity index (χ3n) is 2.56. The minimum absolute atomic E-state index is 0.121. The highest BCUT2D eigenvalue weighted by atomic mass is 16.1. The van der Waals surface area contributed by atoms with E-state index in [4.69, 9.17) is 5.53 Å². The third kappa shape index (κ3) is 11.3. The number of nitrogens with zero attached hydrogens (tertiary/aromatic N) is 3. The molecule has 0 saturated heterocycles. The van der Waals surface area contributed by atoms with Crippen LogP contribution in [-0.4, -0.2) is 19.0 Å². The lowest BCUT2D eigenvalue weighted by Gasteiger charge is -2.22. The van der Waals surface area contributed by atoms with Crippen molar-refractivity contribution >= 4 is 5.91 Å². The van der Waals surface area contributed by atoms with E-state index in [0.717, 1.165) is 19.3 Å². The summed E-state index contributed by atoms with van der Waals surface area (Å²) in [4.78, 5) is 14.3. The molecule has 0 bridgehead atoms. The summed E-state index contributed by atoms with van der Waals surface area (Å²) in [6, 6.07) is 0. The maximum absolute atomic E-state index is 11.6. The molecule has 0 spiro atoms. The van der Waals surface area contributed by atoms with Gasteiger partial charge in [0.1, 0.15) is 0 Å². The van der Waals surface area contributed by atoms with Crippen LogP contribution in [0.25, 0.3) is 10.4 Å². The molecule has 0 aliphatic carbocycles. The number of unbranched alkanes of at least 4 members (excludes halogenated alkanes) is 1. The molecule has 104 valence electrons. The quantitative estimate of drug-likeness (QED) is 0.305. The number of amides is 1. The molecular formula is C13H26N4O. The van der Waals surface area contributed by atoms with Crippen LogP contribution in [0, 0.1) is 11.3 Å². The molecule has 0 aromatic rings. The minimum Gasteiger partial charge on any atom is -0.356 e. The summed E-state index contributed by atoms with van der Waals surface area (Å²) >= 11 is 0. The van der Waals surface area contributed by atoms with Gasteiger partial charge in [-0.1, -0.05) is 32.8 Å². The van der Waals surface area contributed by atoms with Crippen molar-refractivity contribution in [3.05, 3.63) is 10.4 Å². The first-order valence-corrected chi connectivity index (χ1v) is 6.62. The molecule has 5 heteroatoms. The van der Waals surface area contributed by atoms with Crippen molar-refractivity contribution in [2.75, 3.05) is 13.1 Å². The zero-order valence-electron chi connectivity index (χ0n) is 12.1. The summed E-state index contributed by atoms with van der Waals surface area (Å²) in [5, 5.41) is 6.35. The number of carbonyl (C=O) groups excluding carboxylic acids is 1. The zero-order valence-corrected chi connectivity index (χ0v) is 12.1. The molecule has 1 atom stereocenters. The molecule has 5 nitrogen and oxygen atoms in total. The van der Waals surface area contributed by atoms with Gasteiger partial charge >= 0.3 is 0 Å². The molecule has 0 heterocycles. The normalized spacial score (nSPS) is 12.7. The highest BCUT2D eigenvalue weighted by molar-refractivity contribution is 5.76. The SMILES string of the molecule is CC(CC(=O)NCCCCN=[N+]=[N-])CC(C)(C)C. The van der Waals surface area contributed by atoms with Crippen molar-refractivity contribution in [3.63, 3.8) is 0 Å². The maximum atomic E-state index is 11.6. The summed E-state index contributed by atoms with van der Waals surface area (Å²) in [7, 11) is 0. The van der Waals surface area contributed by atoms with Gasteiger partial charge in [0.2, 0.25) is 5.91 Å². The van der Waals surface area contributed by atoms with Crippen LogP contribution in [0.5, 0.6) is 0 Å². The first kappa shape index (κ1) is 16.8. The van der Waals surface area contributed by atoms with E-state index < -0.39 is 0 Å². The first-order chi connectivity index (χ1) is 8.35. The van der Waals surface area contributed by atoms with Gasteiger partial charge in [-0.3, -0.25) is 4.79 Å². The van der Waals surface area contributed by atoms with Gasteiger partial charge in [0.15, 0.2) is 0 Å². The summed E-state index contributed by atoms with van der Waals surface area (Å²) in [6.07, 6.45) is 3.32. The van der Waals surface area contributed by atoms with Crippen molar-refractivity contribution < 1.29 is 4.79 Å². The van der Waals surface area contributed by atoms with Gasteiger partial charge in [0, 0.05) is 24.4 Å². The molecule has 1 N–H and O–H groups in total. The van der Waals surface area contributed by atoms with E-state index in [-0.39, 0.29) is 11.3 Å². The van der Waals surface area contributed by atoms with Gasteiger partial charge < -0.3 is 5.32 Å². The molecule has 0 aromatic carbocycles. The standard InChI is InChI=1S/C13H26N4O/c1-11(10-13(2,3)4)9-12(18)15-7-5-6-8-16-17-14/h11H,5-10H2,1-4H3,(H,15,18). The largest absolute Gasteiger partial charge is 0.356 e. The van der Waals surface area contributed by atoms with Crippen molar-refractivity contribution in [2.45, 2.75) is 53.4 Å². The van der Waals surface area contributed by atoms with Crippen molar-refractivity contribution in [3.8, 4) is 0 Å². The average molecular weight is 254 g/mol. The fourth-order valence-corrected chi connectivity index (χ4v) is 2.09. The summed E-state index contributed by atoms with van der Waals surface area (Å²) < 4.78 is 0. The fraction of sp³-hybridized carbons (Fsp3) is 0.923. The second-order valence-corrected chi connectivity index (χ2v) is 6.09. The Morgan fingerprint density at radius 2 is 2.06 bits per heavy atom. The molecule has 1 amide bonds. The highest BCUT2D eigenvalue weighted by Gasteiger charge is 2.17. The van der Waals surface area contributed by atoms with Gasteiger partial charge in [-0.25, -0.2) is 0 Å². The van der Waals surface area contributed by atoms with E-state index >= 15 is 0 Å². The maximum Gasteiger partial charge on any atom is 0.220 e. The topological polar surface area (TPSA) is 77.9 Å². The number of hydrogen-bond acceptors (Lipinski definition) is 2. The van der Waals surface area contributed by atoms with Gasteiger partial charge in [0.05, 0.1) is 0 Å². The highest BCUT2D eigenvalue weighted by Crippen LogP contribution is 2.25. The van der Waals surface area contributed by atoms with Crippen molar-refractivity contribution in [2.24, 2.45) is 16.4 Å². The van der Waals surface area contributed by atoms with E-state index in [9.17, 15) is 4.79 Å². The molecule has 0 fully saturated rings. The molecule has 0 radical (unpaired) electrons. The van der Waals surface area contributed by atoms with Crippen molar-refractivity contribution in [1.29, 1.82) is 0 Å². The minimum atomic E-state index is 0.121. The van der Waals surface area contributed by atoms with Crippen LogP contribution in [-0.2, 0) is 4.79 Å². The van der Waals surface area contributed by atoms with Crippen LogP contribution in [0.15, 0.2) is 5.11 Å². The number of carbonyl (C=O) groups is 1. The first-order valence-electron chi connectivity index (χ1n) is 6.62. The van der Waals surface area contributed by atoms with Crippen LogP contribution >= 0.6 is 0 Å². The Labute approximate surface area is 110 Å². The van der Waals surface area contributed by atoms with Crippen LogP contribution < -0.4 is 5.32 Å². The lowest BCUT2D eigenvalue weighted by molar-refractivity contribution is -0.122. The third-order valence-corrected chi connectivity index (χ3v) is 2.56. The lowest BCUT2D eigenvalue weighted by atomic mass is 9.84. The fourth-order valence-electron chi connectivity index (χ4n) is 2.09. The predicted molar refractivity (Wildman–Crippen MR) is 74.1 cm³/mol. The molecular weight excluding hydrogens is 228 g/mol. The Kier molecular flexibility index (Phi) is 8.21. The summed E-state index contributed by atoms with van der Waals surface area (Å²) in [5.74, 6) is 0.531. The monoisotopic (exact) mass is 254 g/mol. The van der Waals surface area contributed by atoms with E-state index in [1.54, 1.807) is 0 Å². The van der Waals surface area contributed by atoms with E-state index in [2.05, 4.69) is 43.0 Å². The number of nitrogens with one attached hydrogen (secondary N) is 1. The van der Waals surface area contributed by atoms with E-state index in [1.807, 2.05) is 0 Å². The zero-order chi connectivity index (χ0) is 14.0. The van der Waals surface area contributed by atoms with Gasteiger partial charge in [-0.2, -0.15) is 0 Å². The number of rotatable bonds is 8. The second kappa shape index (κ2) is 8.81. The molecule has 0 rings (SSSR count). The molecule has 0 aliphatic rings. The Bertz CT molecular complexity index is 290. The second-order valence-electron chi connectivity index (χ2n) is 6.09. The van der Waals surface area contributed by atoms with Gasteiger partial charge in [0.25, 0.3) is 0 Å². The smallest absolute Gasteiger partial charge is 0.220 e. The Hall–Kier alpha value is -1.22. The van der Waals surface area contributed by atoms with E-state index in [0.29, 0.717) is 25.4 Å². The Morgan fingerprint density at radius 1 is 1.39 bits per heavy atom. The molecule has 0 saturated carbocycles. The number of hydrogen-bond donors (Lipinski definition) is 1. The molecule has 0 aromatic heterocycles. The van der Waals surface area contributed by atoms with Gasteiger partial charge in [-0.05, 0) is 36.1 Å². The lowest BCUT2D eigenvalue weighted by Crippen LogP contribution is -2.27. The van der Waals surface area contributed by atoms with Crippen LogP contribution in [0.3, 0.4) is 0 Å². The average Bonchev–Trinajstić information content (AvgIpc) is 2.20. The van der Waals surface area contributed by atoms with E-state index in [1.165, 1.54) is 0 Å². The van der Waals surface area contributed by atoms with Crippen LogP contribution in [0.1, 0.15) is 53.4 Å². The molecule has 1 unspecified atom stereocenters. The Balaban J connectivity index is 3.62. The molecule has 18 heavy (non-hydrogen) atoms. The van der Waals surface area contributed by atoms with Crippen LogP contribution in [0.2, 0.25) is 0 Å².